The van der Waals surface area contributed by atoms with Crippen LogP contribution in [0.5, 0.6) is 0 Å². The molecule has 0 aromatic heterocycles. The number of para-hydroxylation sites is 1. The van der Waals surface area contributed by atoms with Crippen LogP contribution in [0.15, 0.2) is 53.4 Å². The fourth-order valence-electron chi connectivity index (χ4n) is 4.59. The van der Waals surface area contributed by atoms with E-state index >= 15 is 0 Å². The first kappa shape index (κ1) is 23.4. The van der Waals surface area contributed by atoms with Gasteiger partial charge in [0.15, 0.2) is 0 Å². The highest BCUT2D eigenvalue weighted by molar-refractivity contribution is 7.89. The van der Waals surface area contributed by atoms with Gasteiger partial charge in [0.05, 0.1) is 10.8 Å². The van der Waals surface area contributed by atoms with E-state index in [2.05, 4.69) is 10.0 Å². The van der Waals surface area contributed by atoms with Crippen LogP contribution in [-0.2, 0) is 32.5 Å². The van der Waals surface area contributed by atoms with Gasteiger partial charge in [0, 0.05) is 31.7 Å². The highest BCUT2D eigenvalue weighted by Gasteiger charge is 2.28. The minimum Gasteiger partial charge on any atom is -0.342 e. The largest absolute Gasteiger partial charge is 0.342 e. The molecule has 1 atom stereocenters. The summed E-state index contributed by atoms with van der Waals surface area (Å²) in [6.07, 6.45) is 5.68. The molecule has 1 heterocycles. The molecule has 0 saturated carbocycles. The van der Waals surface area contributed by atoms with Crippen LogP contribution in [0, 0.1) is 5.92 Å². The zero-order valence-corrected chi connectivity index (χ0v) is 19.6. The first-order valence-corrected chi connectivity index (χ1v) is 13.2. The van der Waals surface area contributed by atoms with E-state index in [1.165, 1.54) is 5.56 Å². The smallest absolute Gasteiger partial charge is 0.240 e. The molecule has 8 heteroatoms. The SMILES string of the molecule is O=C(Nc1ccccc1)C1CCCN(C(=O)CCNS(=O)(=O)c2ccc3c(c2)CCCC3)C1. The van der Waals surface area contributed by atoms with Crippen molar-refractivity contribution >= 4 is 27.5 Å². The number of aryl methyl sites for hydroxylation is 2. The Morgan fingerprint density at radius 2 is 1.73 bits per heavy atom. The van der Waals surface area contributed by atoms with E-state index in [0.29, 0.717) is 13.1 Å². The maximum atomic E-state index is 12.7. The Morgan fingerprint density at radius 3 is 2.52 bits per heavy atom. The summed E-state index contributed by atoms with van der Waals surface area (Å²) in [5, 5.41) is 2.91. The Morgan fingerprint density at radius 1 is 0.970 bits per heavy atom. The molecule has 2 aromatic carbocycles. The van der Waals surface area contributed by atoms with Crippen molar-refractivity contribution < 1.29 is 18.0 Å². The number of anilines is 1. The van der Waals surface area contributed by atoms with Crippen molar-refractivity contribution in [1.82, 2.24) is 9.62 Å². The Balaban J connectivity index is 1.28. The molecule has 4 rings (SSSR count). The second-order valence-electron chi connectivity index (χ2n) is 8.82. The predicted molar refractivity (Wildman–Crippen MR) is 127 cm³/mol. The number of hydrogen-bond acceptors (Lipinski definition) is 4. The number of carbonyl (C=O) groups is 2. The number of sulfonamides is 1. The lowest BCUT2D eigenvalue weighted by Crippen LogP contribution is -2.44. The summed E-state index contributed by atoms with van der Waals surface area (Å²) < 4.78 is 28.0. The third-order valence-corrected chi connectivity index (χ3v) is 7.91. The Hall–Kier alpha value is -2.71. The fraction of sp³-hybridized carbons (Fsp3) is 0.440. The van der Waals surface area contributed by atoms with E-state index in [1.54, 1.807) is 17.0 Å². The number of nitrogens with zero attached hydrogens (tertiary/aromatic N) is 1. The monoisotopic (exact) mass is 469 g/mol. The van der Waals surface area contributed by atoms with Crippen LogP contribution in [0.3, 0.4) is 0 Å². The summed E-state index contributed by atoms with van der Waals surface area (Å²) in [5.41, 5.74) is 3.07. The van der Waals surface area contributed by atoms with Gasteiger partial charge in [-0.2, -0.15) is 0 Å². The van der Waals surface area contributed by atoms with Gasteiger partial charge in [-0.15, -0.1) is 0 Å². The van der Waals surface area contributed by atoms with E-state index in [-0.39, 0.29) is 35.6 Å². The number of hydrogen-bond donors (Lipinski definition) is 2. The molecule has 176 valence electrons. The fourth-order valence-corrected chi connectivity index (χ4v) is 5.68. The zero-order chi connectivity index (χ0) is 23.3. The summed E-state index contributed by atoms with van der Waals surface area (Å²) in [7, 11) is -3.66. The first-order chi connectivity index (χ1) is 15.9. The predicted octanol–water partition coefficient (Wildman–Crippen LogP) is 3.11. The molecule has 0 bridgehead atoms. The summed E-state index contributed by atoms with van der Waals surface area (Å²) in [6.45, 7) is 0.982. The normalized spacial score (nSPS) is 18.4. The van der Waals surface area contributed by atoms with Gasteiger partial charge in [-0.05, 0) is 73.9 Å². The molecule has 1 unspecified atom stereocenters. The average molecular weight is 470 g/mol. The van der Waals surface area contributed by atoms with Gasteiger partial charge in [-0.1, -0.05) is 24.3 Å². The topological polar surface area (TPSA) is 95.6 Å². The Labute approximate surface area is 195 Å². The first-order valence-electron chi connectivity index (χ1n) is 11.7. The number of fused-ring (bicyclic) bond motifs is 1. The Kier molecular flexibility index (Phi) is 7.45. The highest BCUT2D eigenvalue weighted by atomic mass is 32.2. The number of carbonyl (C=O) groups excluding carboxylic acids is 2. The van der Waals surface area contributed by atoms with Crippen LogP contribution < -0.4 is 10.0 Å². The van der Waals surface area contributed by atoms with Crippen molar-refractivity contribution in [1.29, 1.82) is 0 Å². The molecule has 2 N–H and O–H groups in total. The van der Waals surface area contributed by atoms with Crippen molar-refractivity contribution in [3.8, 4) is 0 Å². The third kappa shape index (κ3) is 6.00. The van der Waals surface area contributed by atoms with Crippen LogP contribution in [0.25, 0.3) is 0 Å². The molecule has 1 aliphatic carbocycles. The minimum absolute atomic E-state index is 0.0373. The molecule has 0 radical (unpaired) electrons. The second-order valence-corrected chi connectivity index (χ2v) is 10.6. The van der Waals surface area contributed by atoms with Crippen molar-refractivity contribution in [3.63, 3.8) is 0 Å². The molecule has 7 nitrogen and oxygen atoms in total. The lowest BCUT2D eigenvalue weighted by Gasteiger charge is -2.32. The molecule has 2 aromatic rings. The van der Waals surface area contributed by atoms with Crippen LogP contribution in [0.1, 0.15) is 43.2 Å². The van der Waals surface area contributed by atoms with Crippen molar-refractivity contribution in [3.05, 3.63) is 59.7 Å². The standard InChI is InChI=1S/C25H31N3O4S/c29-24(28-16-6-9-21(18-28)25(30)27-22-10-2-1-3-11-22)14-15-26-33(31,32)23-13-12-19-7-4-5-8-20(19)17-23/h1-3,10-13,17,21,26H,4-9,14-16,18H2,(H,27,30). The molecule has 0 spiro atoms. The van der Waals surface area contributed by atoms with E-state index in [4.69, 9.17) is 0 Å². The van der Waals surface area contributed by atoms with Crippen molar-refractivity contribution in [2.24, 2.45) is 5.92 Å². The number of nitrogens with one attached hydrogen (secondary N) is 2. The highest BCUT2D eigenvalue weighted by Crippen LogP contribution is 2.24. The van der Waals surface area contributed by atoms with Gasteiger partial charge in [0.2, 0.25) is 21.8 Å². The molecule has 1 fully saturated rings. The van der Waals surface area contributed by atoms with Crippen LogP contribution in [0.4, 0.5) is 5.69 Å². The number of benzene rings is 2. The van der Waals surface area contributed by atoms with Gasteiger partial charge < -0.3 is 10.2 Å². The molecule has 2 amide bonds. The van der Waals surface area contributed by atoms with Gasteiger partial charge >= 0.3 is 0 Å². The number of amides is 2. The molecule has 1 aliphatic heterocycles. The second kappa shape index (κ2) is 10.5. The van der Waals surface area contributed by atoms with Gasteiger partial charge in [-0.25, -0.2) is 13.1 Å². The molecule has 2 aliphatic rings. The lowest BCUT2D eigenvalue weighted by atomic mass is 9.92. The van der Waals surface area contributed by atoms with E-state index in [0.717, 1.165) is 49.8 Å². The van der Waals surface area contributed by atoms with Crippen molar-refractivity contribution in [2.45, 2.75) is 49.8 Å². The summed E-state index contributed by atoms with van der Waals surface area (Å²) in [4.78, 5) is 27.2. The lowest BCUT2D eigenvalue weighted by molar-refractivity contribution is -0.134. The van der Waals surface area contributed by atoms with Crippen LogP contribution in [0.2, 0.25) is 0 Å². The maximum absolute atomic E-state index is 12.7. The van der Waals surface area contributed by atoms with Crippen LogP contribution in [-0.4, -0.2) is 44.8 Å². The molecule has 33 heavy (non-hydrogen) atoms. The maximum Gasteiger partial charge on any atom is 0.240 e. The molecule has 1 saturated heterocycles. The summed E-state index contributed by atoms with van der Waals surface area (Å²) >= 11 is 0. The molecular formula is C25H31N3O4S. The summed E-state index contributed by atoms with van der Waals surface area (Å²) in [5.74, 6) is -0.498. The summed E-state index contributed by atoms with van der Waals surface area (Å²) in [6, 6.07) is 14.6. The number of rotatable bonds is 7. The quantitative estimate of drug-likeness (QED) is 0.651. The van der Waals surface area contributed by atoms with E-state index in [9.17, 15) is 18.0 Å². The zero-order valence-electron chi connectivity index (χ0n) is 18.8. The van der Waals surface area contributed by atoms with Gasteiger partial charge in [0.1, 0.15) is 0 Å². The van der Waals surface area contributed by atoms with Crippen LogP contribution >= 0.6 is 0 Å². The average Bonchev–Trinajstić information content (AvgIpc) is 2.84. The number of piperidine rings is 1. The van der Waals surface area contributed by atoms with Gasteiger partial charge in [0.25, 0.3) is 0 Å². The van der Waals surface area contributed by atoms with Gasteiger partial charge in [-0.3, -0.25) is 9.59 Å². The van der Waals surface area contributed by atoms with E-state index in [1.807, 2.05) is 36.4 Å². The number of likely N-dealkylation sites (tertiary alicyclic amines) is 1. The van der Waals surface area contributed by atoms with E-state index < -0.39 is 10.0 Å². The minimum atomic E-state index is -3.66. The Bertz CT molecular complexity index is 1100. The van der Waals surface area contributed by atoms with Crippen molar-refractivity contribution in [2.75, 3.05) is 25.0 Å². The molecular weight excluding hydrogens is 438 g/mol. The third-order valence-electron chi connectivity index (χ3n) is 6.45.